The summed E-state index contributed by atoms with van der Waals surface area (Å²) in [4.78, 5) is 10.9. The summed E-state index contributed by atoms with van der Waals surface area (Å²) in [6.45, 7) is 1.86. The lowest BCUT2D eigenvalue weighted by molar-refractivity contribution is 0.0696. The molecule has 0 bridgehead atoms. The van der Waals surface area contributed by atoms with Gasteiger partial charge in [0, 0.05) is 6.61 Å². The molecule has 0 aliphatic heterocycles. The number of aliphatic hydroxyl groups is 1. The van der Waals surface area contributed by atoms with Crippen LogP contribution in [0.15, 0.2) is 42.5 Å². The molecule has 20 heavy (non-hydrogen) atoms. The van der Waals surface area contributed by atoms with Gasteiger partial charge in [-0.2, -0.15) is 0 Å². The molecular formula is C16H16O4. The van der Waals surface area contributed by atoms with Crippen molar-refractivity contribution in [1.29, 1.82) is 0 Å². The molecule has 0 spiro atoms. The zero-order valence-corrected chi connectivity index (χ0v) is 11.2. The van der Waals surface area contributed by atoms with Crippen molar-refractivity contribution < 1.29 is 19.7 Å². The molecule has 0 aliphatic rings. The molecule has 2 aromatic rings. The third-order valence-corrected chi connectivity index (χ3v) is 2.99. The Morgan fingerprint density at radius 1 is 1.10 bits per heavy atom. The summed E-state index contributed by atoms with van der Waals surface area (Å²) >= 11 is 0. The van der Waals surface area contributed by atoms with Gasteiger partial charge in [-0.3, -0.25) is 0 Å². The Hall–Kier alpha value is -2.33. The number of ether oxygens (including phenoxy) is 1. The number of aryl methyl sites for hydroxylation is 1. The fourth-order valence-electron chi connectivity index (χ4n) is 1.93. The van der Waals surface area contributed by atoms with Crippen LogP contribution in [0.3, 0.4) is 0 Å². The van der Waals surface area contributed by atoms with Crippen LogP contribution in [0.25, 0.3) is 0 Å². The maximum atomic E-state index is 10.9. The predicted octanol–water partition coefficient (Wildman–Crippen LogP) is 3.02. The molecule has 0 aromatic heterocycles. The Morgan fingerprint density at radius 2 is 1.75 bits per heavy atom. The number of aliphatic hydroxyl groups excluding tert-OH is 1. The van der Waals surface area contributed by atoms with Crippen molar-refractivity contribution in [3.05, 3.63) is 59.2 Å². The number of rotatable bonds is 5. The van der Waals surface area contributed by atoms with E-state index in [1.54, 1.807) is 19.1 Å². The van der Waals surface area contributed by atoms with Crippen LogP contribution in [0, 0.1) is 6.92 Å². The van der Waals surface area contributed by atoms with Crippen molar-refractivity contribution in [1.82, 2.24) is 0 Å². The average Bonchev–Trinajstić information content (AvgIpc) is 2.41. The van der Waals surface area contributed by atoms with E-state index in [1.165, 1.54) is 6.07 Å². The minimum absolute atomic E-state index is 0.121. The van der Waals surface area contributed by atoms with Crippen LogP contribution in [0.5, 0.6) is 11.5 Å². The summed E-state index contributed by atoms with van der Waals surface area (Å²) in [5, 5.41) is 17.8. The first-order valence-electron chi connectivity index (χ1n) is 6.32. The Morgan fingerprint density at radius 3 is 2.30 bits per heavy atom. The SMILES string of the molecule is Cc1cc(Oc2ccc(CCO)cc2)ccc1C(=O)O. The lowest BCUT2D eigenvalue weighted by Crippen LogP contribution is -1.99. The maximum absolute atomic E-state index is 10.9. The number of hydrogen-bond acceptors (Lipinski definition) is 3. The third-order valence-electron chi connectivity index (χ3n) is 2.99. The molecule has 2 N–H and O–H groups in total. The molecule has 4 heteroatoms. The lowest BCUT2D eigenvalue weighted by atomic mass is 10.1. The molecule has 0 heterocycles. The second kappa shape index (κ2) is 6.21. The standard InChI is InChI=1S/C16H16O4/c1-11-10-14(6-7-15(11)16(18)19)20-13-4-2-12(3-5-13)8-9-17/h2-7,10,17H,8-9H2,1H3,(H,18,19). The second-order valence-corrected chi connectivity index (χ2v) is 4.50. The lowest BCUT2D eigenvalue weighted by Gasteiger charge is -2.08. The fourth-order valence-corrected chi connectivity index (χ4v) is 1.93. The van der Waals surface area contributed by atoms with Gasteiger partial charge in [-0.1, -0.05) is 12.1 Å². The van der Waals surface area contributed by atoms with E-state index < -0.39 is 5.97 Å². The molecule has 0 fully saturated rings. The summed E-state index contributed by atoms with van der Waals surface area (Å²) < 4.78 is 5.67. The summed E-state index contributed by atoms with van der Waals surface area (Å²) in [7, 11) is 0. The van der Waals surface area contributed by atoms with Crippen LogP contribution < -0.4 is 4.74 Å². The fraction of sp³-hybridized carbons (Fsp3) is 0.188. The number of carboxylic acid groups (broad SMARTS) is 1. The summed E-state index contributed by atoms with van der Waals surface area (Å²) in [5.41, 5.74) is 1.97. The van der Waals surface area contributed by atoms with E-state index in [4.69, 9.17) is 14.9 Å². The topological polar surface area (TPSA) is 66.8 Å². The van der Waals surface area contributed by atoms with Crippen LogP contribution >= 0.6 is 0 Å². The molecule has 104 valence electrons. The van der Waals surface area contributed by atoms with E-state index in [2.05, 4.69) is 0 Å². The van der Waals surface area contributed by atoms with Crippen molar-refractivity contribution >= 4 is 5.97 Å². The van der Waals surface area contributed by atoms with Crippen molar-refractivity contribution in [3.8, 4) is 11.5 Å². The van der Waals surface area contributed by atoms with E-state index in [1.807, 2.05) is 24.3 Å². The van der Waals surface area contributed by atoms with Crippen molar-refractivity contribution in [2.75, 3.05) is 6.61 Å². The van der Waals surface area contributed by atoms with E-state index in [9.17, 15) is 4.79 Å². The largest absolute Gasteiger partial charge is 0.478 e. The van der Waals surface area contributed by atoms with E-state index in [0.717, 1.165) is 5.56 Å². The maximum Gasteiger partial charge on any atom is 0.335 e. The normalized spacial score (nSPS) is 10.3. The Balaban J connectivity index is 2.13. The van der Waals surface area contributed by atoms with Gasteiger partial charge >= 0.3 is 5.97 Å². The van der Waals surface area contributed by atoms with Crippen molar-refractivity contribution in [2.24, 2.45) is 0 Å². The average molecular weight is 272 g/mol. The van der Waals surface area contributed by atoms with E-state index >= 15 is 0 Å². The van der Waals surface area contributed by atoms with Crippen LogP contribution in [0.4, 0.5) is 0 Å². The number of benzene rings is 2. The van der Waals surface area contributed by atoms with Crippen molar-refractivity contribution in [3.63, 3.8) is 0 Å². The zero-order valence-electron chi connectivity index (χ0n) is 11.2. The minimum Gasteiger partial charge on any atom is -0.478 e. The smallest absolute Gasteiger partial charge is 0.335 e. The van der Waals surface area contributed by atoms with Gasteiger partial charge in [-0.05, 0) is 54.8 Å². The van der Waals surface area contributed by atoms with E-state index in [-0.39, 0.29) is 12.2 Å². The molecule has 0 radical (unpaired) electrons. The Labute approximate surface area is 117 Å². The van der Waals surface area contributed by atoms with Gasteiger partial charge in [-0.25, -0.2) is 4.79 Å². The molecule has 0 saturated heterocycles. The molecule has 0 atom stereocenters. The van der Waals surface area contributed by atoms with E-state index in [0.29, 0.717) is 23.5 Å². The number of aromatic carboxylic acids is 1. The van der Waals surface area contributed by atoms with Gasteiger partial charge in [0.2, 0.25) is 0 Å². The monoisotopic (exact) mass is 272 g/mol. The van der Waals surface area contributed by atoms with Crippen LogP contribution in [0.1, 0.15) is 21.5 Å². The highest BCUT2D eigenvalue weighted by Crippen LogP contribution is 2.24. The predicted molar refractivity (Wildman–Crippen MR) is 75.4 cm³/mol. The van der Waals surface area contributed by atoms with Crippen LogP contribution in [-0.4, -0.2) is 22.8 Å². The molecule has 0 saturated carbocycles. The van der Waals surface area contributed by atoms with Crippen LogP contribution in [-0.2, 0) is 6.42 Å². The molecule has 0 amide bonds. The van der Waals surface area contributed by atoms with Crippen LogP contribution in [0.2, 0.25) is 0 Å². The first kappa shape index (κ1) is 14.1. The quantitative estimate of drug-likeness (QED) is 0.878. The van der Waals surface area contributed by atoms with Crippen molar-refractivity contribution in [2.45, 2.75) is 13.3 Å². The third kappa shape index (κ3) is 3.36. The first-order valence-corrected chi connectivity index (χ1v) is 6.32. The molecule has 2 aromatic carbocycles. The zero-order chi connectivity index (χ0) is 14.5. The highest BCUT2D eigenvalue weighted by molar-refractivity contribution is 5.89. The molecule has 0 aliphatic carbocycles. The summed E-state index contributed by atoms with van der Waals surface area (Å²) in [6, 6.07) is 12.3. The highest BCUT2D eigenvalue weighted by atomic mass is 16.5. The first-order chi connectivity index (χ1) is 9.60. The number of carbonyl (C=O) groups is 1. The Kier molecular flexibility index (Phi) is 4.38. The highest BCUT2D eigenvalue weighted by Gasteiger charge is 2.08. The molecule has 0 unspecified atom stereocenters. The van der Waals surface area contributed by atoms with Gasteiger partial charge in [-0.15, -0.1) is 0 Å². The van der Waals surface area contributed by atoms with Gasteiger partial charge in [0.05, 0.1) is 5.56 Å². The number of hydrogen-bond donors (Lipinski definition) is 2. The van der Waals surface area contributed by atoms with Gasteiger partial charge in [0.1, 0.15) is 11.5 Å². The summed E-state index contributed by atoms with van der Waals surface area (Å²) in [6.07, 6.45) is 0.618. The van der Waals surface area contributed by atoms with Gasteiger partial charge < -0.3 is 14.9 Å². The number of carboxylic acids is 1. The Bertz CT molecular complexity index is 602. The minimum atomic E-state index is -0.942. The molecule has 4 nitrogen and oxygen atoms in total. The molecule has 2 rings (SSSR count). The van der Waals surface area contributed by atoms with Gasteiger partial charge in [0.15, 0.2) is 0 Å². The van der Waals surface area contributed by atoms with Gasteiger partial charge in [0.25, 0.3) is 0 Å². The molecular weight excluding hydrogens is 256 g/mol. The second-order valence-electron chi connectivity index (χ2n) is 4.50. The summed E-state index contributed by atoms with van der Waals surface area (Å²) in [5.74, 6) is 0.332.